The van der Waals surface area contributed by atoms with Crippen molar-refractivity contribution < 1.29 is 32.6 Å². The van der Waals surface area contributed by atoms with Crippen LogP contribution >= 0.6 is 11.3 Å². The number of likely N-dealkylation sites (tertiary alicyclic amines) is 1. The summed E-state index contributed by atoms with van der Waals surface area (Å²) < 4.78 is 37.8. The summed E-state index contributed by atoms with van der Waals surface area (Å²) in [6.07, 6.45) is 0.658. The van der Waals surface area contributed by atoms with Crippen molar-refractivity contribution >= 4 is 23.2 Å². The van der Waals surface area contributed by atoms with E-state index >= 15 is 0 Å². The van der Waals surface area contributed by atoms with Crippen LogP contribution in [0.5, 0.6) is 0 Å². The molecule has 0 spiro atoms. The molecule has 1 aromatic rings. The average Bonchev–Trinajstić information content (AvgIpc) is 3.40. The standard InChI is InChI=1S/C19H28N2O2S.C2HF3O2/c1-13-4-7-16(24-13)11-21-10-15-3-2-8-23-19(15)17(12-21)20-18(22)9-14-5-6-14;3-2(4,5)1(6)7/h4,7,14-15,17,19H,2-3,5-6,8-12H2,1H3,(H,20,22);(H,6,7)/t15-,17+,19-;/m0./s1. The van der Waals surface area contributed by atoms with E-state index in [0.717, 1.165) is 32.7 Å². The molecule has 0 aromatic carbocycles. The van der Waals surface area contributed by atoms with Gasteiger partial charge in [-0.1, -0.05) is 0 Å². The number of amides is 1. The van der Waals surface area contributed by atoms with E-state index < -0.39 is 12.1 Å². The Balaban J connectivity index is 0.000000339. The van der Waals surface area contributed by atoms with Crippen molar-refractivity contribution in [1.29, 1.82) is 0 Å². The zero-order valence-corrected chi connectivity index (χ0v) is 18.3. The summed E-state index contributed by atoms with van der Waals surface area (Å²) in [6, 6.07) is 4.59. The van der Waals surface area contributed by atoms with E-state index in [2.05, 4.69) is 29.3 Å². The van der Waals surface area contributed by atoms with E-state index in [1.807, 2.05) is 11.3 Å². The predicted molar refractivity (Wildman–Crippen MR) is 110 cm³/mol. The highest BCUT2D eigenvalue weighted by atomic mass is 32.1. The molecule has 1 aliphatic carbocycles. The summed E-state index contributed by atoms with van der Waals surface area (Å²) in [7, 11) is 0. The van der Waals surface area contributed by atoms with Gasteiger partial charge >= 0.3 is 12.1 Å². The van der Waals surface area contributed by atoms with Crippen LogP contribution in [0.15, 0.2) is 12.1 Å². The quantitative estimate of drug-likeness (QED) is 0.699. The number of hydrogen-bond donors (Lipinski definition) is 2. The molecule has 2 aliphatic heterocycles. The second-order valence-corrected chi connectivity index (χ2v) is 9.94. The van der Waals surface area contributed by atoms with Crippen LogP contribution in [0, 0.1) is 18.8 Å². The first-order chi connectivity index (χ1) is 14.6. The minimum Gasteiger partial charge on any atom is -0.475 e. The highest BCUT2D eigenvalue weighted by Gasteiger charge is 2.40. The largest absolute Gasteiger partial charge is 0.490 e. The third-order valence-corrected chi connectivity index (χ3v) is 6.76. The Morgan fingerprint density at radius 3 is 2.55 bits per heavy atom. The van der Waals surface area contributed by atoms with Gasteiger partial charge in [0, 0.05) is 42.4 Å². The van der Waals surface area contributed by atoms with E-state index in [4.69, 9.17) is 14.6 Å². The molecule has 2 saturated heterocycles. The fourth-order valence-corrected chi connectivity index (χ4v) is 5.12. The maximum atomic E-state index is 12.3. The van der Waals surface area contributed by atoms with Crippen LogP contribution in [-0.2, 0) is 20.9 Å². The third-order valence-electron chi connectivity index (χ3n) is 5.77. The number of alkyl halides is 3. The van der Waals surface area contributed by atoms with Gasteiger partial charge in [0.25, 0.3) is 0 Å². The number of hydrogen-bond acceptors (Lipinski definition) is 5. The van der Waals surface area contributed by atoms with Crippen molar-refractivity contribution in [3.05, 3.63) is 21.9 Å². The SMILES string of the molecule is Cc1ccc(CN2C[C@@H]3CCCO[C@@H]3[C@H](NC(=O)CC3CC3)C2)s1.O=C(O)C(F)(F)F. The average molecular weight is 463 g/mol. The summed E-state index contributed by atoms with van der Waals surface area (Å²) in [5.74, 6) is -1.33. The first kappa shape index (κ1) is 24.0. The lowest BCUT2D eigenvalue weighted by Crippen LogP contribution is -2.60. The first-order valence-corrected chi connectivity index (χ1v) is 11.4. The van der Waals surface area contributed by atoms with Crippen LogP contribution < -0.4 is 5.32 Å². The molecule has 1 aromatic heterocycles. The van der Waals surface area contributed by atoms with Gasteiger partial charge in [0.15, 0.2) is 0 Å². The summed E-state index contributed by atoms with van der Waals surface area (Å²) >= 11 is 1.88. The molecule has 174 valence electrons. The minimum absolute atomic E-state index is 0.149. The molecule has 3 aliphatic rings. The lowest BCUT2D eigenvalue weighted by molar-refractivity contribution is -0.192. The zero-order chi connectivity index (χ0) is 22.6. The molecule has 6 nitrogen and oxygen atoms in total. The van der Waals surface area contributed by atoms with Gasteiger partial charge in [-0.25, -0.2) is 4.79 Å². The van der Waals surface area contributed by atoms with E-state index in [1.54, 1.807) is 0 Å². The molecule has 1 saturated carbocycles. The fourth-order valence-electron chi connectivity index (χ4n) is 4.19. The van der Waals surface area contributed by atoms with Crippen LogP contribution in [0.2, 0.25) is 0 Å². The third kappa shape index (κ3) is 7.47. The topological polar surface area (TPSA) is 78.9 Å². The number of carbonyl (C=O) groups excluding carboxylic acids is 1. The van der Waals surface area contributed by atoms with Crippen LogP contribution in [0.4, 0.5) is 13.2 Å². The second kappa shape index (κ2) is 10.3. The second-order valence-electron chi connectivity index (χ2n) is 8.57. The molecule has 31 heavy (non-hydrogen) atoms. The Morgan fingerprint density at radius 1 is 1.26 bits per heavy atom. The molecule has 2 N–H and O–H groups in total. The van der Waals surface area contributed by atoms with Gasteiger partial charge < -0.3 is 15.2 Å². The predicted octanol–water partition coefficient (Wildman–Crippen LogP) is 3.59. The van der Waals surface area contributed by atoms with Crippen molar-refractivity contribution in [2.45, 2.75) is 63.9 Å². The fraction of sp³-hybridized carbons (Fsp3) is 0.714. The van der Waals surface area contributed by atoms with Crippen molar-refractivity contribution in [2.75, 3.05) is 19.7 Å². The molecule has 0 radical (unpaired) electrons. The molecule has 10 heteroatoms. The van der Waals surface area contributed by atoms with Crippen LogP contribution in [-0.4, -0.2) is 59.9 Å². The Kier molecular flexibility index (Phi) is 7.98. The number of piperidine rings is 1. The van der Waals surface area contributed by atoms with Gasteiger partial charge in [-0.05, 0) is 56.6 Å². The molecular weight excluding hydrogens is 433 g/mol. The number of aryl methyl sites for hydroxylation is 1. The summed E-state index contributed by atoms with van der Waals surface area (Å²) in [5.41, 5.74) is 0. The van der Waals surface area contributed by atoms with E-state index in [0.29, 0.717) is 18.3 Å². The monoisotopic (exact) mass is 462 g/mol. The highest BCUT2D eigenvalue weighted by molar-refractivity contribution is 7.11. The lowest BCUT2D eigenvalue weighted by Gasteiger charge is -2.46. The summed E-state index contributed by atoms with van der Waals surface area (Å²) in [4.78, 5) is 26.5. The van der Waals surface area contributed by atoms with E-state index in [9.17, 15) is 18.0 Å². The highest BCUT2D eigenvalue weighted by Crippen LogP contribution is 2.33. The molecule has 1 amide bonds. The number of thiophene rings is 1. The molecule has 3 fully saturated rings. The number of nitrogens with zero attached hydrogens (tertiary/aromatic N) is 1. The number of carboxylic acid groups (broad SMARTS) is 1. The minimum atomic E-state index is -5.08. The summed E-state index contributed by atoms with van der Waals surface area (Å²) in [6.45, 7) is 6.01. The Hall–Kier alpha value is -1.65. The van der Waals surface area contributed by atoms with Crippen LogP contribution in [0.25, 0.3) is 0 Å². The van der Waals surface area contributed by atoms with Gasteiger partial charge in [0.1, 0.15) is 0 Å². The number of carbonyl (C=O) groups is 2. The number of carboxylic acids is 1. The maximum absolute atomic E-state index is 12.3. The zero-order valence-electron chi connectivity index (χ0n) is 17.5. The molecule has 0 unspecified atom stereocenters. The van der Waals surface area contributed by atoms with Crippen LogP contribution in [0.1, 0.15) is 41.9 Å². The molecule has 0 bridgehead atoms. The number of halogens is 3. The van der Waals surface area contributed by atoms with Crippen molar-refractivity contribution in [1.82, 2.24) is 10.2 Å². The molecular formula is C21H29F3N2O4S. The van der Waals surface area contributed by atoms with Crippen molar-refractivity contribution in [3.8, 4) is 0 Å². The van der Waals surface area contributed by atoms with Crippen molar-refractivity contribution in [2.24, 2.45) is 11.8 Å². The smallest absolute Gasteiger partial charge is 0.475 e. The Bertz CT molecular complexity index is 766. The molecule has 4 rings (SSSR count). The van der Waals surface area contributed by atoms with Crippen LogP contribution in [0.3, 0.4) is 0 Å². The molecule has 3 atom stereocenters. The van der Waals surface area contributed by atoms with Crippen molar-refractivity contribution in [3.63, 3.8) is 0 Å². The number of ether oxygens (including phenoxy) is 1. The lowest BCUT2D eigenvalue weighted by atomic mass is 9.85. The van der Waals surface area contributed by atoms with Gasteiger partial charge in [0.2, 0.25) is 5.91 Å². The normalized spacial score (nSPS) is 26.4. The van der Waals surface area contributed by atoms with E-state index in [1.165, 1.54) is 29.0 Å². The van der Waals surface area contributed by atoms with E-state index in [-0.39, 0.29) is 18.1 Å². The number of nitrogens with one attached hydrogen (secondary N) is 1. The summed E-state index contributed by atoms with van der Waals surface area (Å²) in [5, 5.41) is 10.4. The van der Waals surface area contributed by atoms with Gasteiger partial charge in [-0.15, -0.1) is 11.3 Å². The Morgan fingerprint density at radius 2 is 1.97 bits per heavy atom. The first-order valence-electron chi connectivity index (χ1n) is 10.6. The number of fused-ring (bicyclic) bond motifs is 1. The Labute approximate surface area is 183 Å². The maximum Gasteiger partial charge on any atom is 0.490 e. The molecule has 3 heterocycles. The van der Waals surface area contributed by atoms with Gasteiger partial charge in [-0.3, -0.25) is 9.69 Å². The number of aliphatic carboxylic acids is 1. The number of rotatable bonds is 5. The van der Waals surface area contributed by atoms with Gasteiger partial charge in [0.05, 0.1) is 12.1 Å². The van der Waals surface area contributed by atoms with Gasteiger partial charge in [-0.2, -0.15) is 13.2 Å².